The van der Waals surface area contributed by atoms with E-state index < -0.39 is 0 Å². The van der Waals surface area contributed by atoms with Crippen molar-refractivity contribution in [1.29, 1.82) is 0 Å². The Hall–Kier alpha value is -2.21. The fourth-order valence-electron chi connectivity index (χ4n) is 1.78. The Kier molecular flexibility index (Phi) is 3.91. The quantitative estimate of drug-likeness (QED) is 0.803. The highest BCUT2D eigenvalue weighted by Crippen LogP contribution is 2.22. The molecule has 19 heavy (non-hydrogen) atoms. The molecule has 0 aliphatic carbocycles. The zero-order valence-corrected chi connectivity index (χ0v) is 11.0. The molecule has 6 nitrogen and oxygen atoms in total. The molecule has 2 rings (SSSR count). The summed E-state index contributed by atoms with van der Waals surface area (Å²) < 4.78 is 6.75. The largest absolute Gasteiger partial charge is 0.496 e. The van der Waals surface area contributed by atoms with E-state index in [2.05, 4.69) is 10.3 Å². The second-order valence-electron chi connectivity index (χ2n) is 4.19. The molecule has 0 radical (unpaired) electrons. The van der Waals surface area contributed by atoms with Gasteiger partial charge in [0, 0.05) is 6.54 Å². The number of nitrogens with zero attached hydrogens (tertiary/aromatic N) is 3. The smallest absolute Gasteiger partial charge is 0.218 e. The summed E-state index contributed by atoms with van der Waals surface area (Å²) in [5.41, 5.74) is 7.19. The zero-order chi connectivity index (χ0) is 13.8. The van der Waals surface area contributed by atoms with Gasteiger partial charge >= 0.3 is 0 Å². The Bertz CT molecular complexity index is 592. The van der Waals surface area contributed by atoms with Crippen molar-refractivity contribution in [3.05, 3.63) is 41.2 Å². The topological polar surface area (TPSA) is 83.0 Å². The summed E-state index contributed by atoms with van der Waals surface area (Å²) in [6.07, 6.45) is 1.59. The molecule has 0 spiro atoms. The second kappa shape index (κ2) is 5.62. The van der Waals surface area contributed by atoms with Gasteiger partial charge in [-0.25, -0.2) is 0 Å². The molecule has 1 aromatic carbocycles. The maximum atomic E-state index is 12.4. The number of methoxy groups -OCH3 is 1. The summed E-state index contributed by atoms with van der Waals surface area (Å²) in [5.74, 6) is 0.327. The van der Waals surface area contributed by atoms with Gasteiger partial charge in [0.05, 0.1) is 25.4 Å². The number of ketones is 1. The Morgan fingerprint density at radius 2 is 2.26 bits per heavy atom. The van der Waals surface area contributed by atoms with E-state index in [0.29, 0.717) is 24.4 Å². The molecule has 0 saturated heterocycles. The number of aryl methyl sites for hydroxylation is 1. The van der Waals surface area contributed by atoms with Gasteiger partial charge in [0.25, 0.3) is 0 Å². The van der Waals surface area contributed by atoms with Gasteiger partial charge in [0.15, 0.2) is 5.69 Å². The molecule has 100 valence electrons. The van der Waals surface area contributed by atoms with E-state index in [1.54, 1.807) is 23.0 Å². The molecule has 0 unspecified atom stereocenters. The Balaban J connectivity index is 2.34. The standard InChI is InChI=1S/C13H16N4O2/c1-9-3-4-12(19-2)10(7-9)13(18)11-8-17(6-5-14)16-15-11/h3-4,7-8H,5-6,14H2,1-2H3. The fraction of sp³-hybridized carbons (Fsp3) is 0.308. The van der Waals surface area contributed by atoms with Gasteiger partial charge in [-0.3, -0.25) is 9.48 Å². The van der Waals surface area contributed by atoms with Crippen LogP contribution in [0.15, 0.2) is 24.4 Å². The molecule has 6 heteroatoms. The van der Waals surface area contributed by atoms with Crippen molar-refractivity contribution in [2.24, 2.45) is 5.73 Å². The van der Waals surface area contributed by atoms with Crippen molar-refractivity contribution in [3.63, 3.8) is 0 Å². The van der Waals surface area contributed by atoms with E-state index >= 15 is 0 Å². The van der Waals surface area contributed by atoms with E-state index in [-0.39, 0.29) is 11.5 Å². The van der Waals surface area contributed by atoms with Crippen LogP contribution in [0.5, 0.6) is 5.75 Å². The third-order valence-electron chi connectivity index (χ3n) is 2.73. The number of carbonyl (C=O) groups excluding carboxylic acids is 1. The highest BCUT2D eigenvalue weighted by Gasteiger charge is 2.17. The van der Waals surface area contributed by atoms with Crippen LogP contribution >= 0.6 is 0 Å². The van der Waals surface area contributed by atoms with Gasteiger partial charge in [-0.05, 0) is 19.1 Å². The lowest BCUT2D eigenvalue weighted by Gasteiger charge is -2.06. The van der Waals surface area contributed by atoms with E-state index in [1.807, 2.05) is 13.0 Å². The number of nitrogens with two attached hydrogens (primary N) is 1. The summed E-state index contributed by atoms with van der Waals surface area (Å²) in [4.78, 5) is 12.4. The maximum Gasteiger partial charge on any atom is 0.218 e. The minimum absolute atomic E-state index is 0.205. The summed E-state index contributed by atoms with van der Waals surface area (Å²) in [6.45, 7) is 2.90. The van der Waals surface area contributed by atoms with Crippen molar-refractivity contribution in [2.45, 2.75) is 13.5 Å². The van der Waals surface area contributed by atoms with Gasteiger partial charge < -0.3 is 10.5 Å². The first-order valence-electron chi connectivity index (χ1n) is 5.95. The molecule has 2 aromatic rings. The predicted molar refractivity (Wildman–Crippen MR) is 70.2 cm³/mol. The van der Waals surface area contributed by atoms with Crippen LogP contribution in [-0.2, 0) is 6.54 Å². The van der Waals surface area contributed by atoms with E-state index in [4.69, 9.17) is 10.5 Å². The van der Waals surface area contributed by atoms with Crippen molar-refractivity contribution in [3.8, 4) is 5.75 Å². The summed E-state index contributed by atoms with van der Waals surface area (Å²) >= 11 is 0. The summed E-state index contributed by atoms with van der Waals surface area (Å²) in [6, 6.07) is 5.44. The van der Waals surface area contributed by atoms with Crippen molar-refractivity contribution in [1.82, 2.24) is 15.0 Å². The van der Waals surface area contributed by atoms with Crippen LogP contribution in [0.1, 0.15) is 21.6 Å². The first-order valence-corrected chi connectivity index (χ1v) is 5.95. The zero-order valence-electron chi connectivity index (χ0n) is 11.0. The average Bonchev–Trinajstić information content (AvgIpc) is 2.87. The maximum absolute atomic E-state index is 12.4. The van der Waals surface area contributed by atoms with Crippen LogP contribution in [0.2, 0.25) is 0 Å². The molecule has 1 heterocycles. The van der Waals surface area contributed by atoms with Gasteiger partial charge in [0.2, 0.25) is 5.78 Å². The molecule has 0 bridgehead atoms. The van der Waals surface area contributed by atoms with Crippen LogP contribution in [0.4, 0.5) is 0 Å². The van der Waals surface area contributed by atoms with Gasteiger partial charge in [-0.1, -0.05) is 16.8 Å². The lowest BCUT2D eigenvalue weighted by molar-refractivity contribution is 0.103. The monoisotopic (exact) mass is 260 g/mol. The van der Waals surface area contributed by atoms with E-state index in [9.17, 15) is 4.79 Å². The highest BCUT2D eigenvalue weighted by molar-refractivity contribution is 6.09. The Labute approximate surface area is 111 Å². The Morgan fingerprint density at radius 3 is 2.95 bits per heavy atom. The fourth-order valence-corrected chi connectivity index (χ4v) is 1.78. The minimum Gasteiger partial charge on any atom is -0.496 e. The molecular formula is C13H16N4O2. The molecular weight excluding hydrogens is 244 g/mol. The van der Waals surface area contributed by atoms with Gasteiger partial charge in [-0.15, -0.1) is 5.10 Å². The first-order chi connectivity index (χ1) is 9.15. The predicted octanol–water partition coefficient (Wildman–Crippen LogP) is 0.785. The molecule has 2 N–H and O–H groups in total. The Morgan fingerprint density at radius 1 is 1.47 bits per heavy atom. The van der Waals surface area contributed by atoms with Gasteiger partial charge in [0.1, 0.15) is 5.75 Å². The molecule has 0 aliphatic heterocycles. The molecule has 0 aliphatic rings. The third-order valence-corrected chi connectivity index (χ3v) is 2.73. The number of rotatable bonds is 5. The van der Waals surface area contributed by atoms with Gasteiger partial charge in [-0.2, -0.15) is 0 Å². The van der Waals surface area contributed by atoms with Crippen LogP contribution in [-0.4, -0.2) is 34.4 Å². The number of ether oxygens (including phenoxy) is 1. The number of hydrogen-bond donors (Lipinski definition) is 1. The highest BCUT2D eigenvalue weighted by atomic mass is 16.5. The molecule has 0 atom stereocenters. The summed E-state index contributed by atoms with van der Waals surface area (Å²) in [7, 11) is 1.53. The number of carbonyl (C=O) groups is 1. The SMILES string of the molecule is COc1ccc(C)cc1C(=O)c1cn(CCN)nn1. The lowest BCUT2D eigenvalue weighted by Crippen LogP contribution is -2.10. The lowest BCUT2D eigenvalue weighted by atomic mass is 10.0. The van der Waals surface area contributed by atoms with Crippen LogP contribution in [0.25, 0.3) is 0 Å². The van der Waals surface area contributed by atoms with Crippen LogP contribution in [0, 0.1) is 6.92 Å². The first kappa shape index (κ1) is 13.2. The molecule has 0 saturated carbocycles. The number of aromatic nitrogens is 3. The molecule has 0 amide bonds. The average molecular weight is 260 g/mol. The van der Waals surface area contributed by atoms with E-state index in [0.717, 1.165) is 5.56 Å². The van der Waals surface area contributed by atoms with Crippen molar-refractivity contribution in [2.75, 3.05) is 13.7 Å². The van der Waals surface area contributed by atoms with E-state index in [1.165, 1.54) is 7.11 Å². The van der Waals surface area contributed by atoms with Crippen molar-refractivity contribution >= 4 is 5.78 Å². The summed E-state index contributed by atoms with van der Waals surface area (Å²) in [5, 5.41) is 7.72. The van der Waals surface area contributed by atoms with Crippen molar-refractivity contribution < 1.29 is 9.53 Å². The third kappa shape index (κ3) is 2.79. The minimum atomic E-state index is -0.205. The molecule has 0 fully saturated rings. The molecule has 1 aromatic heterocycles. The van der Waals surface area contributed by atoms with Crippen LogP contribution in [0.3, 0.4) is 0 Å². The number of hydrogen-bond acceptors (Lipinski definition) is 5. The van der Waals surface area contributed by atoms with Crippen LogP contribution < -0.4 is 10.5 Å². The normalized spacial score (nSPS) is 10.5. The number of benzene rings is 1. The second-order valence-corrected chi connectivity index (χ2v) is 4.19.